The fraction of sp³-hybridized carbons (Fsp3) is 0.100. The molecule has 0 spiro atoms. The number of rotatable bonds is 2. The summed E-state index contributed by atoms with van der Waals surface area (Å²) in [5.41, 5.74) is 0.286. The molecule has 17 heavy (non-hydrogen) atoms. The van der Waals surface area contributed by atoms with Crippen molar-refractivity contribution in [1.82, 2.24) is 10.1 Å². The van der Waals surface area contributed by atoms with E-state index in [9.17, 15) is 9.18 Å². The zero-order valence-electron chi connectivity index (χ0n) is 8.70. The Balaban J connectivity index is 2.17. The van der Waals surface area contributed by atoms with E-state index in [1.807, 2.05) is 0 Å². The van der Waals surface area contributed by atoms with Gasteiger partial charge in [0.15, 0.2) is 5.82 Å². The van der Waals surface area contributed by atoms with Crippen LogP contribution in [-0.2, 0) is 0 Å². The maximum atomic E-state index is 13.0. The van der Waals surface area contributed by atoms with Gasteiger partial charge in [0.1, 0.15) is 5.82 Å². The summed E-state index contributed by atoms with van der Waals surface area (Å²) in [6.07, 6.45) is 0. The first-order valence-electron chi connectivity index (χ1n) is 4.63. The van der Waals surface area contributed by atoms with E-state index in [1.54, 1.807) is 6.92 Å². The van der Waals surface area contributed by atoms with Crippen molar-refractivity contribution in [2.24, 2.45) is 0 Å². The van der Waals surface area contributed by atoms with Gasteiger partial charge in [-0.05, 0) is 41.1 Å². The summed E-state index contributed by atoms with van der Waals surface area (Å²) >= 11 is 3.00. The molecule has 88 valence electrons. The number of hydrogen-bond acceptors (Lipinski definition) is 4. The SMILES string of the molecule is Cc1noc(NC(=O)c2ccc(F)c(Br)c2)n1. The third kappa shape index (κ3) is 2.68. The number of halogens is 2. The first-order valence-corrected chi connectivity index (χ1v) is 5.42. The fourth-order valence-corrected chi connectivity index (χ4v) is 1.53. The quantitative estimate of drug-likeness (QED) is 0.925. The number of anilines is 1. The molecule has 0 bridgehead atoms. The molecule has 2 rings (SSSR count). The molecule has 0 fully saturated rings. The molecule has 1 heterocycles. The minimum Gasteiger partial charge on any atom is -0.315 e. The lowest BCUT2D eigenvalue weighted by Crippen LogP contribution is -2.12. The molecule has 0 radical (unpaired) electrons. The number of benzene rings is 1. The number of nitrogens with one attached hydrogen (secondary N) is 1. The molecule has 0 atom stereocenters. The lowest BCUT2D eigenvalue weighted by molar-refractivity contribution is 0.102. The van der Waals surface area contributed by atoms with Crippen LogP contribution in [0.2, 0.25) is 0 Å². The number of aryl methyl sites for hydroxylation is 1. The van der Waals surface area contributed by atoms with Gasteiger partial charge in [0.2, 0.25) is 0 Å². The topological polar surface area (TPSA) is 68.0 Å². The van der Waals surface area contributed by atoms with Gasteiger partial charge >= 0.3 is 6.01 Å². The Morgan fingerprint density at radius 2 is 2.29 bits per heavy atom. The number of carbonyl (C=O) groups excluding carboxylic acids is 1. The summed E-state index contributed by atoms with van der Waals surface area (Å²) in [7, 11) is 0. The van der Waals surface area contributed by atoms with Crippen molar-refractivity contribution in [3.63, 3.8) is 0 Å². The zero-order valence-corrected chi connectivity index (χ0v) is 10.3. The monoisotopic (exact) mass is 299 g/mol. The standard InChI is InChI=1S/C10H7BrFN3O2/c1-5-13-10(17-15-5)14-9(16)6-2-3-8(12)7(11)4-6/h2-4H,1H3,(H,13,14,15,16). The molecule has 1 aromatic heterocycles. The third-order valence-corrected chi connectivity index (χ3v) is 2.54. The van der Waals surface area contributed by atoms with Gasteiger partial charge in [-0.25, -0.2) is 4.39 Å². The summed E-state index contributed by atoms with van der Waals surface area (Å²) in [6.45, 7) is 1.63. The van der Waals surface area contributed by atoms with Crippen LogP contribution in [0.15, 0.2) is 27.2 Å². The average molecular weight is 300 g/mol. The Hall–Kier alpha value is -1.76. The van der Waals surface area contributed by atoms with Gasteiger partial charge in [-0.1, -0.05) is 5.16 Å². The van der Waals surface area contributed by atoms with Gasteiger partial charge in [-0.2, -0.15) is 4.98 Å². The highest BCUT2D eigenvalue weighted by Crippen LogP contribution is 2.17. The highest BCUT2D eigenvalue weighted by atomic mass is 79.9. The summed E-state index contributed by atoms with van der Waals surface area (Å²) in [5.74, 6) is -0.467. The molecule has 1 amide bonds. The molecule has 0 saturated heterocycles. The second-order valence-electron chi connectivity index (χ2n) is 3.23. The second-order valence-corrected chi connectivity index (χ2v) is 4.08. The summed E-state index contributed by atoms with van der Waals surface area (Å²) in [4.78, 5) is 15.5. The smallest absolute Gasteiger partial charge is 0.315 e. The number of nitrogens with zero attached hydrogens (tertiary/aromatic N) is 2. The number of hydrogen-bond donors (Lipinski definition) is 1. The van der Waals surface area contributed by atoms with E-state index in [4.69, 9.17) is 4.52 Å². The molecule has 1 aromatic carbocycles. The second kappa shape index (κ2) is 4.62. The maximum Gasteiger partial charge on any atom is 0.328 e. The highest BCUT2D eigenvalue weighted by molar-refractivity contribution is 9.10. The molecule has 0 aliphatic rings. The first kappa shape index (κ1) is 11.7. The molecule has 1 N–H and O–H groups in total. The van der Waals surface area contributed by atoms with Gasteiger partial charge in [0.25, 0.3) is 5.91 Å². The van der Waals surface area contributed by atoms with Crippen LogP contribution in [0, 0.1) is 12.7 Å². The van der Waals surface area contributed by atoms with Crippen LogP contribution in [0.5, 0.6) is 0 Å². The molecule has 7 heteroatoms. The number of carbonyl (C=O) groups is 1. The zero-order chi connectivity index (χ0) is 12.4. The molecular formula is C10H7BrFN3O2. The van der Waals surface area contributed by atoms with Crippen molar-refractivity contribution in [2.45, 2.75) is 6.92 Å². The van der Waals surface area contributed by atoms with Crippen molar-refractivity contribution in [3.05, 3.63) is 39.9 Å². The molecule has 0 unspecified atom stereocenters. The van der Waals surface area contributed by atoms with Crippen molar-refractivity contribution >= 4 is 27.9 Å². The van der Waals surface area contributed by atoms with E-state index in [2.05, 4.69) is 31.4 Å². The lowest BCUT2D eigenvalue weighted by Gasteiger charge is -2.01. The van der Waals surface area contributed by atoms with E-state index >= 15 is 0 Å². The van der Waals surface area contributed by atoms with Crippen LogP contribution < -0.4 is 5.32 Å². The molecule has 2 aromatic rings. The van der Waals surface area contributed by atoms with E-state index in [-0.39, 0.29) is 16.1 Å². The van der Waals surface area contributed by atoms with Crippen LogP contribution in [0.4, 0.5) is 10.4 Å². The molecule has 0 aliphatic heterocycles. The summed E-state index contributed by atoms with van der Waals surface area (Å²) < 4.78 is 17.9. The fourth-order valence-electron chi connectivity index (χ4n) is 1.15. The maximum absolute atomic E-state index is 13.0. The van der Waals surface area contributed by atoms with E-state index < -0.39 is 11.7 Å². The predicted octanol–water partition coefficient (Wildman–Crippen LogP) is 2.53. The van der Waals surface area contributed by atoms with E-state index in [0.29, 0.717) is 5.82 Å². The summed E-state index contributed by atoms with van der Waals surface area (Å²) in [6, 6.07) is 3.93. The Morgan fingerprint density at radius 1 is 1.53 bits per heavy atom. The average Bonchev–Trinajstić information content (AvgIpc) is 2.68. The Morgan fingerprint density at radius 3 is 2.88 bits per heavy atom. The number of amides is 1. The van der Waals surface area contributed by atoms with E-state index in [0.717, 1.165) is 0 Å². The van der Waals surface area contributed by atoms with Gasteiger partial charge in [0, 0.05) is 5.56 Å². The molecule has 0 saturated carbocycles. The van der Waals surface area contributed by atoms with Crippen LogP contribution in [0.1, 0.15) is 16.2 Å². The minimum atomic E-state index is -0.450. The highest BCUT2D eigenvalue weighted by Gasteiger charge is 2.11. The van der Waals surface area contributed by atoms with Gasteiger partial charge < -0.3 is 4.52 Å². The Bertz CT molecular complexity index is 570. The van der Waals surface area contributed by atoms with Gasteiger partial charge in [-0.3, -0.25) is 10.1 Å². The molecular weight excluding hydrogens is 293 g/mol. The Labute approximate surface area is 104 Å². The van der Waals surface area contributed by atoms with E-state index in [1.165, 1.54) is 18.2 Å². The van der Waals surface area contributed by atoms with Crippen molar-refractivity contribution in [3.8, 4) is 0 Å². The van der Waals surface area contributed by atoms with Gasteiger partial charge in [0.05, 0.1) is 4.47 Å². The van der Waals surface area contributed by atoms with Crippen molar-refractivity contribution in [1.29, 1.82) is 0 Å². The normalized spacial score (nSPS) is 10.3. The van der Waals surface area contributed by atoms with Crippen LogP contribution >= 0.6 is 15.9 Å². The van der Waals surface area contributed by atoms with Crippen molar-refractivity contribution < 1.29 is 13.7 Å². The third-order valence-electron chi connectivity index (χ3n) is 1.93. The first-order chi connectivity index (χ1) is 8.06. The van der Waals surface area contributed by atoms with Crippen LogP contribution in [0.3, 0.4) is 0 Å². The predicted molar refractivity (Wildman–Crippen MR) is 61.1 cm³/mol. The van der Waals surface area contributed by atoms with Crippen LogP contribution in [0.25, 0.3) is 0 Å². The largest absolute Gasteiger partial charge is 0.328 e. The molecule has 5 nitrogen and oxygen atoms in total. The van der Waals surface area contributed by atoms with Crippen LogP contribution in [-0.4, -0.2) is 16.0 Å². The van der Waals surface area contributed by atoms with Gasteiger partial charge in [-0.15, -0.1) is 0 Å². The van der Waals surface area contributed by atoms with Crippen molar-refractivity contribution in [2.75, 3.05) is 5.32 Å². The molecule has 0 aliphatic carbocycles. The lowest BCUT2D eigenvalue weighted by atomic mass is 10.2. The Kier molecular flexibility index (Phi) is 3.19. The minimum absolute atomic E-state index is 0.00736. The number of aromatic nitrogens is 2. The summed E-state index contributed by atoms with van der Waals surface area (Å²) in [5, 5.41) is 5.93.